The summed E-state index contributed by atoms with van der Waals surface area (Å²) in [5, 5.41) is 18.5. The number of anilines is 2. The molecule has 10 nitrogen and oxygen atoms in total. The molecular weight excluding hydrogens is 754 g/mol. The molecule has 0 unspecified atom stereocenters. The van der Waals surface area contributed by atoms with Crippen molar-refractivity contribution in [3.63, 3.8) is 0 Å². The van der Waals surface area contributed by atoms with Crippen LogP contribution in [0.1, 0.15) is 32.7 Å². The minimum Gasteiger partial charge on any atom is -0.338 e. The second kappa shape index (κ2) is 14.7. The molecule has 0 fully saturated rings. The average Bonchev–Trinajstić information content (AvgIpc) is 3.77. The van der Waals surface area contributed by atoms with E-state index in [9.17, 15) is 46.0 Å². The van der Waals surface area contributed by atoms with E-state index in [-0.39, 0.29) is 62.5 Å². The fourth-order valence-corrected chi connectivity index (χ4v) is 6.66. The number of nitrogens with one attached hydrogen (secondary N) is 3. The van der Waals surface area contributed by atoms with Gasteiger partial charge in [-0.2, -0.15) is 31.6 Å². The number of amides is 2. The summed E-state index contributed by atoms with van der Waals surface area (Å²) in [4.78, 5) is 42.0. The van der Waals surface area contributed by atoms with Crippen molar-refractivity contribution in [2.24, 2.45) is 7.05 Å². The van der Waals surface area contributed by atoms with Gasteiger partial charge in [-0.25, -0.2) is 4.79 Å². The molecule has 0 spiro atoms. The zero-order valence-corrected chi connectivity index (χ0v) is 29.3. The van der Waals surface area contributed by atoms with E-state index in [4.69, 9.17) is 0 Å². The Bertz CT molecular complexity index is 2800. The molecule has 0 saturated heterocycles. The zero-order valence-electron chi connectivity index (χ0n) is 29.3. The molecule has 0 radical (unpaired) electrons. The average molecular weight is 781 g/mol. The number of carbonyl (C=O) groups is 2. The quantitative estimate of drug-likeness (QED) is 0.131. The summed E-state index contributed by atoms with van der Waals surface area (Å²) in [5.41, 5.74) is -3.15. The Balaban J connectivity index is 1.50. The lowest BCUT2D eigenvalue weighted by atomic mass is 9.89. The predicted octanol–water partition coefficient (Wildman–Crippen LogP) is 9.20. The summed E-state index contributed by atoms with van der Waals surface area (Å²) >= 11 is 0. The van der Waals surface area contributed by atoms with Crippen LogP contribution in [0.15, 0.2) is 119 Å². The van der Waals surface area contributed by atoms with Crippen molar-refractivity contribution in [2.45, 2.75) is 18.8 Å². The van der Waals surface area contributed by atoms with Crippen molar-refractivity contribution in [3.8, 4) is 39.7 Å². The number of aromatic amines is 1. The number of hydrogen-bond donors (Lipinski definition) is 3. The van der Waals surface area contributed by atoms with E-state index in [1.807, 2.05) is 6.07 Å². The highest BCUT2D eigenvalue weighted by molar-refractivity contribution is 6.16. The third kappa shape index (κ3) is 7.50. The third-order valence-electron chi connectivity index (χ3n) is 9.16. The summed E-state index contributed by atoms with van der Waals surface area (Å²) in [5.74, 6) is -2.58. The highest BCUT2D eigenvalue weighted by Gasteiger charge is 2.37. The Hall–Kier alpha value is -7.41. The number of hydrogen-bond acceptors (Lipinski definition) is 6. The van der Waals surface area contributed by atoms with Gasteiger partial charge in [-0.3, -0.25) is 19.1 Å². The van der Waals surface area contributed by atoms with Crippen LogP contribution in [0, 0.1) is 11.3 Å². The van der Waals surface area contributed by atoms with Gasteiger partial charge in [-0.15, -0.1) is 0 Å². The molecular formula is C41H26F6N6O4. The summed E-state index contributed by atoms with van der Waals surface area (Å²) in [7, 11) is 1.37. The lowest BCUT2D eigenvalue weighted by molar-refractivity contribution is -0.137. The molecule has 5 aromatic carbocycles. The molecule has 2 heterocycles. The lowest BCUT2D eigenvalue weighted by Crippen LogP contribution is -2.18. The first-order valence-corrected chi connectivity index (χ1v) is 16.9. The molecule has 0 aliphatic carbocycles. The van der Waals surface area contributed by atoms with Crippen LogP contribution in [0.25, 0.3) is 44.5 Å². The predicted molar refractivity (Wildman–Crippen MR) is 198 cm³/mol. The lowest BCUT2D eigenvalue weighted by Gasteiger charge is -2.21. The molecule has 3 N–H and O–H groups in total. The van der Waals surface area contributed by atoms with Crippen LogP contribution in [-0.4, -0.2) is 26.5 Å². The van der Waals surface area contributed by atoms with E-state index in [0.717, 1.165) is 30.3 Å². The molecule has 0 atom stereocenters. The van der Waals surface area contributed by atoms with E-state index in [0.29, 0.717) is 5.56 Å². The number of halogens is 6. The van der Waals surface area contributed by atoms with Gasteiger partial charge in [0.25, 0.3) is 5.91 Å². The third-order valence-corrected chi connectivity index (χ3v) is 9.16. The number of H-pyrrole nitrogens is 1. The highest BCUT2D eigenvalue weighted by atomic mass is 19.4. The summed E-state index contributed by atoms with van der Waals surface area (Å²) in [6, 6.07) is 25.8. The van der Waals surface area contributed by atoms with E-state index in [1.54, 1.807) is 30.3 Å². The van der Waals surface area contributed by atoms with Gasteiger partial charge in [0.05, 0.1) is 46.1 Å². The van der Waals surface area contributed by atoms with Crippen LogP contribution >= 0.6 is 0 Å². The van der Waals surface area contributed by atoms with Gasteiger partial charge in [0.2, 0.25) is 5.91 Å². The SMILES string of the molecule is Cn1c(C(=O)Nc2ccc(C#N)cc2-c2noc(=O)[nH]2)cc2c(-c3ccccc3C(F)(F)F)cc(-c3ccccc3C(F)(F)F)c(NC(=O)Cc3ccccc3)c21. The summed E-state index contributed by atoms with van der Waals surface area (Å²) < 4.78 is 93.5. The minimum atomic E-state index is -4.92. The molecule has 0 aliphatic rings. The summed E-state index contributed by atoms with van der Waals surface area (Å²) in [6.07, 6.45) is -10.0. The second-order valence-corrected chi connectivity index (χ2v) is 12.8. The number of nitriles is 1. The molecule has 16 heteroatoms. The van der Waals surface area contributed by atoms with Crippen LogP contribution in [0.2, 0.25) is 0 Å². The number of aromatic nitrogens is 3. The van der Waals surface area contributed by atoms with Gasteiger partial charge in [-0.1, -0.05) is 71.9 Å². The Kier molecular flexibility index (Phi) is 9.76. The first-order valence-electron chi connectivity index (χ1n) is 16.9. The van der Waals surface area contributed by atoms with E-state index in [2.05, 4.69) is 25.3 Å². The normalized spacial score (nSPS) is 11.7. The standard InChI is InChI=1S/C41H26F6N6O4/c1-53-33(38(55)49-32-16-15-23(21-48)17-29(32)37-51-39(56)57-52-37)20-28-26(24-11-5-7-13-30(24)40(42,43)44)19-27(25-12-6-8-14-31(25)41(45,46)47)35(36(28)53)50-34(54)18-22-9-3-2-4-10-22/h2-17,19-20H,18H2,1H3,(H,49,55)(H,50,54)(H,51,52,56). The molecule has 2 aromatic heterocycles. The summed E-state index contributed by atoms with van der Waals surface area (Å²) in [6.45, 7) is 0. The maximum absolute atomic E-state index is 14.6. The monoisotopic (exact) mass is 780 g/mol. The number of benzene rings is 5. The maximum Gasteiger partial charge on any atom is 0.439 e. The topological polar surface area (TPSA) is 146 Å². The van der Waals surface area contributed by atoms with Gasteiger partial charge in [-0.05, 0) is 64.7 Å². The van der Waals surface area contributed by atoms with Crippen LogP contribution in [0.3, 0.4) is 0 Å². The number of rotatable bonds is 8. The van der Waals surface area contributed by atoms with Crippen LogP contribution < -0.4 is 16.4 Å². The fraction of sp³-hybridized carbons (Fsp3) is 0.0976. The molecule has 7 aromatic rings. The Morgan fingerprint density at radius 3 is 1.98 bits per heavy atom. The van der Waals surface area contributed by atoms with Gasteiger partial charge >= 0.3 is 18.1 Å². The van der Waals surface area contributed by atoms with Crippen LogP contribution in [-0.2, 0) is 30.6 Å². The van der Waals surface area contributed by atoms with Crippen LogP contribution in [0.4, 0.5) is 37.7 Å². The van der Waals surface area contributed by atoms with Gasteiger partial charge in [0.15, 0.2) is 5.82 Å². The zero-order chi connectivity index (χ0) is 40.6. The van der Waals surface area contributed by atoms with Crippen molar-refractivity contribution in [2.75, 3.05) is 10.6 Å². The first-order chi connectivity index (χ1) is 27.1. The number of fused-ring (bicyclic) bond motifs is 1. The molecule has 57 heavy (non-hydrogen) atoms. The molecule has 2 amide bonds. The van der Waals surface area contributed by atoms with Crippen LogP contribution in [0.5, 0.6) is 0 Å². The Morgan fingerprint density at radius 2 is 1.39 bits per heavy atom. The second-order valence-electron chi connectivity index (χ2n) is 12.8. The molecule has 0 saturated carbocycles. The fourth-order valence-electron chi connectivity index (χ4n) is 6.66. The van der Waals surface area contributed by atoms with Crippen molar-refractivity contribution >= 4 is 34.1 Å². The van der Waals surface area contributed by atoms with Crippen molar-refractivity contribution in [1.29, 1.82) is 5.26 Å². The molecule has 286 valence electrons. The van der Waals surface area contributed by atoms with Gasteiger partial charge in [0, 0.05) is 23.6 Å². The van der Waals surface area contributed by atoms with Gasteiger partial charge in [0.1, 0.15) is 5.69 Å². The van der Waals surface area contributed by atoms with Crippen molar-refractivity contribution < 1.29 is 40.5 Å². The van der Waals surface area contributed by atoms with Crippen molar-refractivity contribution in [3.05, 3.63) is 148 Å². The highest BCUT2D eigenvalue weighted by Crippen LogP contribution is 2.48. The number of alkyl halides is 6. The number of nitrogens with zero attached hydrogens (tertiary/aromatic N) is 3. The number of aryl methyl sites for hydroxylation is 1. The number of carbonyl (C=O) groups excluding carboxylic acids is 2. The Morgan fingerprint density at radius 1 is 0.772 bits per heavy atom. The van der Waals surface area contributed by atoms with E-state index < -0.39 is 52.2 Å². The maximum atomic E-state index is 14.6. The van der Waals surface area contributed by atoms with Gasteiger partial charge < -0.3 is 15.2 Å². The Labute approximate surface area is 318 Å². The van der Waals surface area contributed by atoms with E-state index >= 15 is 0 Å². The molecule has 0 aliphatic heterocycles. The van der Waals surface area contributed by atoms with E-state index in [1.165, 1.54) is 60.1 Å². The van der Waals surface area contributed by atoms with Crippen molar-refractivity contribution in [1.82, 2.24) is 14.7 Å². The molecule has 0 bridgehead atoms. The smallest absolute Gasteiger partial charge is 0.338 e. The minimum absolute atomic E-state index is 0.0107. The molecule has 7 rings (SSSR count). The largest absolute Gasteiger partial charge is 0.439 e. The first kappa shape index (κ1) is 37.9.